The molecule has 26 heavy (non-hydrogen) atoms. The maximum absolute atomic E-state index is 14.7. The van der Waals surface area contributed by atoms with E-state index in [0.717, 1.165) is 25.7 Å². The zero-order chi connectivity index (χ0) is 18.8. The maximum Gasteiger partial charge on any atom is 0.362 e. The highest BCUT2D eigenvalue weighted by molar-refractivity contribution is 7.62. The Balaban J connectivity index is 1.94. The van der Waals surface area contributed by atoms with Crippen LogP contribution in [0.5, 0.6) is 0 Å². The van der Waals surface area contributed by atoms with Crippen LogP contribution in [0.2, 0.25) is 0 Å². The number of alkyl halides is 2. The highest BCUT2D eigenvalue weighted by atomic mass is 31.2. The molecule has 3 nitrogen and oxygen atoms in total. The third-order valence-corrected chi connectivity index (χ3v) is 8.06. The van der Waals surface area contributed by atoms with Crippen molar-refractivity contribution in [2.45, 2.75) is 88.8 Å². The molecule has 2 fully saturated rings. The minimum Gasteiger partial charge on any atom is -0.296 e. The molecule has 0 aliphatic heterocycles. The van der Waals surface area contributed by atoms with E-state index in [1.807, 2.05) is 0 Å². The first-order chi connectivity index (χ1) is 12.3. The fourth-order valence-electron chi connectivity index (χ4n) is 4.01. The van der Waals surface area contributed by atoms with Gasteiger partial charge in [-0.15, -0.1) is 0 Å². The molecule has 1 aromatic rings. The van der Waals surface area contributed by atoms with Gasteiger partial charge in [0.05, 0.1) is 5.30 Å². The van der Waals surface area contributed by atoms with E-state index in [9.17, 15) is 13.3 Å². The molecule has 0 spiro atoms. The summed E-state index contributed by atoms with van der Waals surface area (Å²) < 4.78 is 55.1. The minimum atomic E-state index is -3.89. The van der Waals surface area contributed by atoms with Crippen molar-refractivity contribution >= 4 is 12.9 Å². The molecular weight excluding hydrogens is 357 g/mol. The Bertz CT molecular complexity index is 622. The average Bonchev–Trinajstić information content (AvgIpc) is 2.61. The number of halogens is 2. The van der Waals surface area contributed by atoms with Gasteiger partial charge in [0.1, 0.15) is 23.5 Å². The van der Waals surface area contributed by atoms with Gasteiger partial charge in [-0.05, 0) is 51.7 Å². The fourth-order valence-corrected chi connectivity index (χ4v) is 6.31. The van der Waals surface area contributed by atoms with Gasteiger partial charge in [0.15, 0.2) is 0 Å². The molecule has 0 aromatic heterocycles. The molecule has 146 valence electrons. The van der Waals surface area contributed by atoms with Crippen molar-refractivity contribution in [3.63, 3.8) is 0 Å². The monoisotopic (exact) mass is 386 g/mol. The van der Waals surface area contributed by atoms with E-state index >= 15 is 0 Å². The third kappa shape index (κ3) is 4.05. The second kappa shape index (κ2) is 7.69. The van der Waals surface area contributed by atoms with E-state index < -0.39 is 31.1 Å². The van der Waals surface area contributed by atoms with Crippen LogP contribution in [-0.2, 0) is 13.6 Å². The average molecular weight is 386 g/mol. The molecule has 2 aliphatic rings. The van der Waals surface area contributed by atoms with Crippen molar-refractivity contribution in [1.82, 2.24) is 0 Å². The van der Waals surface area contributed by atoms with Gasteiger partial charge in [0.25, 0.3) is 0 Å². The predicted octanol–water partition coefficient (Wildman–Crippen LogP) is 5.88. The summed E-state index contributed by atoms with van der Waals surface area (Å²) in [5.74, 6) is 0. The van der Waals surface area contributed by atoms with Crippen molar-refractivity contribution in [2.24, 2.45) is 0 Å². The zero-order valence-corrected chi connectivity index (χ0v) is 16.5. The van der Waals surface area contributed by atoms with Gasteiger partial charge in [-0.3, -0.25) is 13.6 Å². The van der Waals surface area contributed by atoms with Crippen molar-refractivity contribution in [3.05, 3.63) is 30.3 Å². The Morgan fingerprint density at radius 2 is 1.35 bits per heavy atom. The summed E-state index contributed by atoms with van der Waals surface area (Å²) in [6, 6.07) is 8.58. The van der Waals surface area contributed by atoms with Crippen LogP contribution in [0.1, 0.15) is 65.2 Å². The topological polar surface area (TPSA) is 35.5 Å². The molecule has 6 heteroatoms. The summed E-state index contributed by atoms with van der Waals surface area (Å²) in [7, 11) is -3.89. The molecule has 0 heterocycles. The molecule has 0 radical (unpaired) electrons. The van der Waals surface area contributed by atoms with Crippen LogP contribution in [0, 0.1) is 0 Å². The summed E-state index contributed by atoms with van der Waals surface area (Å²) in [4.78, 5) is 0. The molecule has 2 aliphatic carbocycles. The number of hydrogen-bond acceptors (Lipinski definition) is 3. The maximum atomic E-state index is 14.7. The van der Waals surface area contributed by atoms with E-state index in [0.29, 0.717) is 31.0 Å². The Morgan fingerprint density at radius 1 is 0.885 bits per heavy atom. The SMILES string of the molecule is CC1(OP(=O)(OC2(C)CCCCC2F)c2ccccc2)CCCCC1F. The second-order valence-electron chi connectivity index (χ2n) is 8.07. The molecule has 0 saturated heterocycles. The molecule has 4 atom stereocenters. The highest BCUT2D eigenvalue weighted by Gasteiger charge is 2.50. The second-order valence-corrected chi connectivity index (χ2v) is 9.94. The number of rotatable bonds is 5. The lowest BCUT2D eigenvalue weighted by molar-refractivity contribution is -0.0707. The van der Waals surface area contributed by atoms with E-state index in [1.54, 1.807) is 44.2 Å². The lowest BCUT2D eigenvalue weighted by Gasteiger charge is -2.43. The summed E-state index contributed by atoms with van der Waals surface area (Å²) >= 11 is 0. The lowest BCUT2D eigenvalue weighted by atomic mass is 9.85. The molecule has 4 unspecified atom stereocenters. The fraction of sp³-hybridized carbons (Fsp3) is 0.700. The minimum absolute atomic E-state index is 0.359. The van der Waals surface area contributed by atoms with Gasteiger partial charge >= 0.3 is 7.60 Å². The van der Waals surface area contributed by atoms with Crippen LogP contribution >= 0.6 is 7.60 Å². The van der Waals surface area contributed by atoms with Crippen LogP contribution in [0.15, 0.2) is 30.3 Å². The van der Waals surface area contributed by atoms with Crippen molar-refractivity contribution in [1.29, 1.82) is 0 Å². The summed E-state index contributed by atoms with van der Waals surface area (Å²) in [6.45, 7) is 3.32. The van der Waals surface area contributed by atoms with Gasteiger partial charge in [-0.25, -0.2) is 8.78 Å². The van der Waals surface area contributed by atoms with E-state index in [4.69, 9.17) is 9.05 Å². The Labute approximate surface area is 155 Å². The van der Waals surface area contributed by atoms with E-state index in [-0.39, 0.29) is 0 Å². The first-order valence-corrected chi connectivity index (χ1v) is 11.2. The van der Waals surface area contributed by atoms with Crippen LogP contribution in [-0.4, -0.2) is 23.5 Å². The summed E-state index contributed by atoms with van der Waals surface area (Å²) in [5.41, 5.74) is -2.36. The predicted molar refractivity (Wildman–Crippen MR) is 99.4 cm³/mol. The van der Waals surface area contributed by atoms with E-state index in [2.05, 4.69) is 0 Å². The van der Waals surface area contributed by atoms with Crippen molar-refractivity contribution in [3.8, 4) is 0 Å². The first kappa shape index (κ1) is 20.0. The zero-order valence-electron chi connectivity index (χ0n) is 15.6. The normalized spacial score (nSPS) is 37.8. The third-order valence-electron chi connectivity index (χ3n) is 5.82. The first-order valence-electron chi connectivity index (χ1n) is 9.63. The summed E-state index contributed by atoms with van der Waals surface area (Å²) in [6.07, 6.45) is 2.51. The molecule has 0 amide bonds. The smallest absolute Gasteiger partial charge is 0.296 e. The molecule has 0 N–H and O–H groups in total. The Hall–Kier alpha value is -0.770. The Morgan fingerprint density at radius 3 is 1.77 bits per heavy atom. The van der Waals surface area contributed by atoms with Crippen LogP contribution < -0.4 is 5.30 Å². The van der Waals surface area contributed by atoms with E-state index in [1.165, 1.54) is 0 Å². The van der Waals surface area contributed by atoms with Crippen molar-refractivity contribution < 1.29 is 22.4 Å². The highest BCUT2D eigenvalue weighted by Crippen LogP contribution is 2.58. The van der Waals surface area contributed by atoms with Crippen molar-refractivity contribution in [2.75, 3.05) is 0 Å². The van der Waals surface area contributed by atoms with Gasteiger partial charge in [0, 0.05) is 0 Å². The molecular formula is C20H29F2O3P. The van der Waals surface area contributed by atoms with Gasteiger partial charge in [0.2, 0.25) is 0 Å². The number of benzene rings is 1. The molecule has 1 aromatic carbocycles. The summed E-state index contributed by atoms with van der Waals surface area (Å²) in [5, 5.41) is 0.359. The van der Waals surface area contributed by atoms with Crippen LogP contribution in [0.4, 0.5) is 8.78 Å². The van der Waals surface area contributed by atoms with Gasteiger partial charge in [-0.2, -0.15) is 0 Å². The standard InChI is InChI=1S/C20H29F2O3P/c1-19(14-8-6-12-17(19)21)24-26(23,16-10-4-3-5-11-16)25-20(2)15-9-7-13-18(20)22/h3-5,10-11,17-18H,6-9,12-15H2,1-2H3. The van der Waals surface area contributed by atoms with Gasteiger partial charge in [-0.1, -0.05) is 43.9 Å². The molecule has 0 bridgehead atoms. The quantitative estimate of drug-likeness (QED) is 0.593. The number of hydrogen-bond donors (Lipinski definition) is 0. The van der Waals surface area contributed by atoms with Crippen LogP contribution in [0.3, 0.4) is 0 Å². The molecule has 2 saturated carbocycles. The van der Waals surface area contributed by atoms with Crippen LogP contribution in [0.25, 0.3) is 0 Å². The lowest BCUT2D eigenvalue weighted by Crippen LogP contribution is -2.46. The molecule has 3 rings (SSSR count). The Kier molecular flexibility index (Phi) is 5.91. The van der Waals surface area contributed by atoms with Gasteiger partial charge < -0.3 is 0 Å². The largest absolute Gasteiger partial charge is 0.362 e.